The van der Waals surface area contributed by atoms with Crippen LogP contribution in [0.15, 0.2) is 36.4 Å². The molecule has 3 nitrogen and oxygen atoms in total. The summed E-state index contributed by atoms with van der Waals surface area (Å²) in [5.41, 5.74) is -0.125. The first-order valence-electron chi connectivity index (χ1n) is 5.14. The van der Waals surface area contributed by atoms with Crippen molar-refractivity contribution in [2.75, 3.05) is 0 Å². The lowest BCUT2D eigenvalue weighted by atomic mass is 10.2. The first kappa shape index (κ1) is 14.0. The predicted octanol–water partition coefficient (Wildman–Crippen LogP) is 5.14. The Balaban J connectivity index is 2.47. The molecule has 1 N–H and O–H groups in total. The highest BCUT2D eigenvalue weighted by molar-refractivity contribution is 6.43. The smallest absolute Gasteiger partial charge is 0.341 e. The van der Waals surface area contributed by atoms with E-state index in [2.05, 4.69) is 0 Å². The topological polar surface area (TPSA) is 46.5 Å². The summed E-state index contributed by atoms with van der Waals surface area (Å²) in [6.07, 6.45) is 0. The van der Waals surface area contributed by atoms with Gasteiger partial charge in [0, 0.05) is 0 Å². The van der Waals surface area contributed by atoms with Gasteiger partial charge in [-0.1, -0.05) is 46.9 Å². The summed E-state index contributed by atoms with van der Waals surface area (Å²) in [6, 6.07) is 9.38. The number of halogens is 3. The third-order valence-corrected chi connectivity index (χ3v) is 3.44. The third-order valence-electron chi connectivity index (χ3n) is 2.33. The molecule has 0 saturated carbocycles. The van der Waals surface area contributed by atoms with Crippen molar-refractivity contribution in [1.29, 1.82) is 0 Å². The van der Waals surface area contributed by atoms with Gasteiger partial charge in [-0.2, -0.15) is 0 Å². The van der Waals surface area contributed by atoms with Crippen molar-refractivity contribution in [3.05, 3.63) is 57.0 Å². The van der Waals surface area contributed by atoms with Crippen molar-refractivity contribution < 1.29 is 14.6 Å². The van der Waals surface area contributed by atoms with Crippen LogP contribution in [0, 0.1) is 0 Å². The van der Waals surface area contributed by atoms with Crippen LogP contribution in [0.4, 0.5) is 0 Å². The van der Waals surface area contributed by atoms with Gasteiger partial charge in [-0.25, -0.2) is 4.79 Å². The SMILES string of the molecule is O=C(O)c1c(Cl)cccc1Oc1cccc(Cl)c1Cl. The van der Waals surface area contributed by atoms with Gasteiger partial charge in [0.2, 0.25) is 0 Å². The molecular weight excluding hydrogens is 310 g/mol. The molecule has 0 fully saturated rings. The molecule has 0 aliphatic heterocycles. The molecule has 0 heterocycles. The summed E-state index contributed by atoms with van der Waals surface area (Å²) in [5.74, 6) is -0.818. The molecule has 19 heavy (non-hydrogen) atoms. The number of benzene rings is 2. The van der Waals surface area contributed by atoms with Gasteiger partial charge in [-0.15, -0.1) is 0 Å². The summed E-state index contributed by atoms with van der Waals surface area (Å²) in [7, 11) is 0. The van der Waals surface area contributed by atoms with E-state index in [-0.39, 0.29) is 27.1 Å². The summed E-state index contributed by atoms with van der Waals surface area (Å²) in [6.45, 7) is 0. The van der Waals surface area contributed by atoms with Crippen LogP contribution in [0.2, 0.25) is 15.1 Å². The number of carboxylic acids is 1. The zero-order chi connectivity index (χ0) is 14.0. The van der Waals surface area contributed by atoms with Gasteiger partial charge >= 0.3 is 5.97 Å². The van der Waals surface area contributed by atoms with Gasteiger partial charge in [0.25, 0.3) is 0 Å². The minimum Gasteiger partial charge on any atom is -0.478 e. The lowest BCUT2D eigenvalue weighted by Gasteiger charge is -2.11. The molecular formula is C13H7Cl3O3. The van der Waals surface area contributed by atoms with E-state index in [0.29, 0.717) is 5.02 Å². The van der Waals surface area contributed by atoms with E-state index in [0.717, 1.165) is 0 Å². The molecule has 0 saturated heterocycles. The molecule has 0 bridgehead atoms. The fourth-order valence-corrected chi connectivity index (χ4v) is 2.06. The minimum atomic E-state index is -1.18. The molecule has 2 aromatic carbocycles. The zero-order valence-corrected chi connectivity index (χ0v) is 11.6. The molecule has 2 aromatic rings. The van der Waals surface area contributed by atoms with E-state index in [1.165, 1.54) is 12.1 Å². The van der Waals surface area contributed by atoms with Crippen LogP contribution in [-0.4, -0.2) is 11.1 Å². The first-order valence-corrected chi connectivity index (χ1v) is 6.27. The monoisotopic (exact) mass is 316 g/mol. The predicted molar refractivity (Wildman–Crippen MR) is 74.9 cm³/mol. The Morgan fingerprint density at radius 1 is 0.947 bits per heavy atom. The normalized spacial score (nSPS) is 10.3. The summed E-state index contributed by atoms with van der Waals surface area (Å²) in [4.78, 5) is 11.2. The van der Waals surface area contributed by atoms with Gasteiger partial charge in [-0.05, 0) is 24.3 Å². The Kier molecular flexibility index (Phi) is 4.20. The Hall–Kier alpha value is -1.42. The van der Waals surface area contributed by atoms with E-state index in [4.69, 9.17) is 44.6 Å². The lowest BCUT2D eigenvalue weighted by molar-refractivity contribution is 0.0694. The summed E-state index contributed by atoms with van der Waals surface area (Å²) >= 11 is 17.7. The van der Waals surface area contributed by atoms with Crippen molar-refractivity contribution in [2.24, 2.45) is 0 Å². The number of ether oxygens (including phenoxy) is 1. The van der Waals surface area contributed by atoms with Crippen LogP contribution in [-0.2, 0) is 0 Å². The third kappa shape index (κ3) is 2.95. The fraction of sp³-hybridized carbons (Fsp3) is 0. The van der Waals surface area contributed by atoms with Gasteiger partial charge in [0.15, 0.2) is 0 Å². The molecule has 2 rings (SSSR count). The van der Waals surface area contributed by atoms with E-state index in [9.17, 15) is 4.79 Å². The fourth-order valence-electron chi connectivity index (χ4n) is 1.48. The molecule has 0 unspecified atom stereocenters. The quantitative estimate of drug-likeness (QED) is 0.853. The Morgan fingerprint density at radius 3 is 2.16 bits per heavy atom. The number of carboxylic acid groups (broad SMARTS) is 1. The lowest BCUT2D eigenvalue weighted by Crippen LogP contribution is -2.01. The molecule has 0 spiro atoms. The second-order valence-corrected chi connectivity index (χ2v) is 4.76. The van der Waals surface area contributed by atoms with Crippen LogP contribution < -0.4 is 4.74 Å². The molecule has 0 aliphatic carbocycles. The van der Waals surface area contributed by atoms with E-state index in [1.54, 1.807) is 24.3 Å². The highest BCUT2D eigenvalue weighted by Gasteiger charge is 2.17. The van der Waals surface area contributed by atoms with Crippen molar-refractivity contribution in [3.8, 4) is 11.5 Å². The molecule has 0 radical (unpaired) electrons. The average Bonchev–Trinajstić information content (AvgIpc) is 2.34. The maximum absolute atomic E-state index is 11.2. The molecule has 0 aromatic heterocycles. The van der Waals surface area contributed by atoms with E-state index in [1.807, 2.05) is 0 Å². The zero-order valence-electron chi connectivity index (χ0n) is 9.36. The average molecular weight is 318 g/mol. The van der Waals surface area contributed by atoms with Crippen molar-refractivity contribution in [3.63, 3.8) is 0 Å². The molecule has 0 atom stereocenters. The van der Waals surface area contributed by atoms with Crippen molar-refractivity contribution >= 4 is 40.8 Å². The Bertz CT molecular complexity index is 641. The van der Waals surface area contributed by atoms with Crippen LogP contribution >= 0.6 is 34.8 Å². The van der Waals surface area contributed by atoms with Crippen LogP contribution in [0.1, 0.15) is 10.4 Å². The van der Waals surface area contributed by atoms with Crippen molar-refractivity contribution in [1.82, 2.24) is 0 Å². The van der Waals surface area contributed by atoms with Crippen molar-refractivity contribution in [2.45, 2.75) is 0 Å². The number of hydrogen-bond acceptors (Lipinski definition) is 2. The van der Waals surface area contributed by atoms with Gasteiger partial charge < -0.3 is 9.84 Å². The van der Waals surface area contributed by atoms with Gasteiger partial charge in [-0.3, -0.25) is 0 Å². The van der Waals surface area contributed by atoms with Crippen LogP contribution in [0.25, 0.3) is 0 Å². The maximum Gasteiger partial charge on any atom is 0.341 e. The molecule has 0 amide bonds. The number of aromatic carboxylic acids is 1. The number of carbonyl (C=O) groups is 1. The standard InChI is InChI=1S/C13H7Cl3O3/c14-7-3-1-5-9(11(7)13(17)18)19-10-6-2-4-8(15)12(10)16/h1-6H,(H,17,18). The van der Waals surface area contributed by atoms with E-state index < -0.39 is 5.97 Å². The second kappa shape index (κ2) is 5.70. The second-order valence-electron chi connectivity index (χ2n) is 3.57. The van der Waals surface area contributed by atoms with Gasteiger partial charge in [0.1, 0.15) is 22.1 Å². The summed E-state index contributed by atoms with van der Waals surface area (Å²) < 4.78 is 5.48. The van der Waals surface area contributed by atoms with E-state index >= 15 is 0 Å². The molecule has 98 valence electrons. The maximum atomic E-state index is 11.2. The largest absolute Gasteiger partial charge is 0.478 e. The number of hydrogen-bond donors (Lipinski definition) is 1. The Morgan fingerprint density at radius 2 is 1.53 bits per heavy atom. The first-order chi connectivity index (χ1) is 9.00. The molecule has 6 heteroatoms. The van der Waals surface area contributed by atoms with Crippen LogP contribution in [0.3, 0.4) is 0 Å². The summed E-state index contributed by atoms with van der Waals surface area (Å²) in [5, 5.41) is 9.74. The van der Waals surface area contributed by atoms with Crippen LogP contribution in [0.5, 0.6) is 11.5 Å². The number of rotatable bonds is 3. The highest BCUT2D eigenvalue weighted by atomic mass is 35.5. The Labute approximate surface area is 124 Å². The molecule has 0 aliphatic rings. The highest BCUT2D eigenvalue weighted by Crippen LogP contribution is 2.37. The minimum absolute atomic E-state index is 0.0863. The van der Waals surface area contributed by atoms with Gasteiger partial charge in [0.05, 0.1) is 10.0 Å².